The first-order chi connectivity index (χ1) is 13.3. The van der Waals surface area contributed by atoms with E-state index in [1.807, 2.05) is 31.2 Å². The van der Waals surface area contributed by atoms with Crippen LogP contribution < -0.4 is 5.73 Å². The minimum absolute atomic E-state index is 0.139. The van der Waals surface area contributed by atoms with Gasteiger partial charge in [-0.15, -0.1) is 0 Å². The second-order valence-corrected chi connectivity index (χ2v) is 7.91. The standard InChI is InChI=1S/C21H22Cl2N2O3/c1-3-21(2,20(24)27)25-17(26)12-28-19(14-6-10-16(23)11-7-14)18(25)13-4-8-15(22)9-5-13/h4-11,18-19H,3,12H2,1-2H3,(H2,24,27). The van der Waals surface area contributed by atoms with Crippen molar-refractivity contribution in [2.24, 2.45) is 5.73 Å². The number of nitrogens with zero attached hydrogens (tertiary/aromatic N) is 1. The van der Waals surface area contributed by atoms with E-state index in [-0.39, 0.29) is 12.5 Å². The smallest absolute Gasteiger partial charge is 0.250 e. The van der Waals surface area contributed by atoms with Crippen LogP contribution in [0, 0.1) is 0 Å². The number of primary amides is 1. The number of halogens is 2. The predicted molar refractivity (Wildman–Crippen MR) is 109 cm³/mol. The largest absolute Gasteiger partial charge is 0.368 e. The monoisotopic (exact) mass is 420 g/mol. The normalized spacial score (nSPS) is 22.0. The van der Waals surface area contributed by atoms with Gasteiger partial charge < -0.3 is 15.4 Å². The number of carbonyl (C=O) groups excluding carboxylic acids is 2. The van der Waals surface area contributed by atoms with Crippen molar-refractivity contribution >= 4 is 35.0 Å². The molecule has 0 radical (unpaired) electrons. The Labute approximate surface area is 174 Å². The zero-order chi connectivity index (χ0) is 20.5. The van der Waals surface area contributed by atoms with Gasteiger partial charge in [0.05, 0.1) is 6.04 Å². The number of hydrogen-bond acceptors (Lipinski definition) is 3. The Morgan fingerprint density at radius 3 is 2.07 bits per heavy atom. The molecule has 2 N–H and O–H groups in total. The van der Waals surface area contributed by atoms with Crippen molar-refractivity contribution in [3.8, 4) is 0 Å². The minimum atomic E-state index is -1.16. The zero-order valence-corrected chi connectivity index (χ0v) is 17.2. The summed E-state index contributed by atoms with van der Waals surface area (Å²) in [6.45, 7) is 3.39. The van der Waals surface area contributed by atoms with Crippen LogP contribution in [0.25, 0.3) is 0 Å². The molecule has 3 unspecified atom stereocenters. The zero-order valence-electron chi connectivity index (χ0n) is 15.7. The first-order valence-corrected chi connectivity index (χ1v) is 9.78. The van der Waals surface area contributed by atoms with Crippen molar-refractivity contribution in [1.82, 2.24) is 4.90 Å². The lowest BCUT2D eigenvalue weighted by atomic mass is 9.86. The second-order valence-electron chi connectivity index (χ2n) is 7.03. The third-order valence-electron chi connectivity index (χ3n) is 5.38. The Morgan fingerprint density at radius 1 is 1.11 bits per heavy atom. The van der Waals surface area contributed by atoms with Crippen LogP contribution in [0.15, 0.2) is 48.5 Å². The number of rotatable bonds is 5. The number of nitrogens with two attached hydrogens (primary N) is 1. The van der Waals surface area contributed by atoms with Crippen LogP contribution in [0.4, 0.5) is 0 Å². The number of ether oxygens (including phenoxy) is 1. The third-order valence-corrected chi connectivity index (χ3v) is 5.88. The summed E-state index contributed by atoms with van der Waals surface area (Å²) in [4.78, 5) is 26.9. The summed E-state index contributed by atoms with van der Waals surface area (Å²) in [5.74, 6) is -0.840. The Hall–Kier alpha value is -2.08. The van der Waals surface area contributed by atoms with Crippen molar-refractivity contribution < 1.29 is 14.3 Å². The van der Waals surface area contributed by atoms with E-state index in [9.17, 15) is 9.59 Å². The summed E-state index contributed by atoms with van der Waals surface area (Å²) in [7, 11) is 0. The van der Waals surface area contributed by atoms with Gasteiger partial charge in [-0.2, -0.15) is 0 Å². The molecule has 3 rings (SSSR count). The molecule has 0 saturated carbocycles. The van der Waals surface area contributed by atoms with E-state index in [2.05, 4.69) is 0 Å². The van der Waals surface area contributed by atoms with Crippen molar-refractivity contribution in [2.75, 3.05) is 6.61 Å². The van der Waals surface area contributed by atoms with Gasteiger partial charge >= 0.3 is 0 Å². The molecule has 1 aliphatic rings. The maximum atomic E-state index is 12.9. The molecular formula is C21H22Cl2N2O3. The summed E-state index contributed by atoms with van der Waals surface area (Å²) in [6.07, 6.45) is -0.104. The van der Waals surface area contributed by atoms with Crippen LogP contribution in [0.3, 0.4) is 0 Å². The molecule has 1 saturated heterocycles. The van der Waals surface area contributed by atoms with E-state index in [1.54, 1.807) is 36.1 Å². The number of hydrogen-bond donors (Lipinski definition) is 1. The number of morpholine rings is 1. The highest BCUT2D eigenvalue weighted by Gasteiger charge is 2.49. The lowest BCUT2D eigenvalue weighted by molar-refractivity contribution is -0.174. The molecule has 1 fully saturated rings. The first-order valence-electron chi connectivity index (χ1n) is 9.02. The fraction of sp³-hybridized carbons (Fsp3) is 0.333. The summed E-state index contributed by atoms with van der Waals surface area (Å²) in [5, 5.41) is 1.18. The summed E-state index contributed by atoms with van der Waals surface area (Å²) < 4.78 is 5.94. The molecule has 28 heavy (non-hydrogen) atoms. The van der Waals surface area contributed by atoms with Gasteiger partial charge in [0.2, 0.25) is 11.8 Å². The van der Waals surface area contributed by atoms with E-state index in [0.717, 1.165) is 11.1 Å². The lowest BCUT2D eigenvalue weighted by Crippen LogP contribution is -2.62. The van der Waals surface area contributed by atoms with Crippen LogP contribution in [0.5, 0.6) is 0 Å². The highest BCUT2D eigenvalue weighted by Crippen LogP contribution is 2.44. The Balaban J connectivity index is 2.17. The molecule has 2 amide bonds. The number of carbonyl (C=O) groups is 2. The van der Waals surface area contributed by atoms with E-state index >= 15 is 0 Å². The van der Waals surface area contributed by atoms with Gasteiger partial charge in [-0.3, -0.25) is 9.59 Å². The topological polar surface area (TPSA) is 72.6 Å². The van der Waals surface area contributed by atoms with Gasteiger partial charge in [0.15, 0.2) is 0 Å². The second kappa shape index (κ2) is 8.11. The van der Waals surface area contributed by atoms with Gasteiger partial charge in [0.25, 0.3) is 0 Å². The SMILES string of the molecule is CCC(C)(C(N)=O)N1C(=O)COC(c2ccc(Cl)cc2)C1c1ccc(Cl)cc1. The van der Waals surface area contributed by atoms with Crippen LogP contribution in [0.2, 0.25) is 10.0 Å². The van der Waals surface area contributed by atoms with Gasteiger partial charge in [-0.1, -0.05) is 54.4 Å². The number of amides is 2. The Bertz CT molecular complexity index is 870. The van der Waals surface area contributed by atoms with E-state index in [4.69, 9.17) is 33.7 Å². The van der Waals surface area contributed by atoms with Crippen LogP contribution in [0.1, 0.15) is 43.5 Å². The molecule has 1 aliphatic heterocycles. The van der Waals surface area contributed by atoms with Crippen LogP contribution >= 0.6 is 23.2 Å². The summed E-state index contributed by atoms with van der Waals surface area (Å²) in [5.41, 5.74) is 6.23. The number of benzene rings is 2. The average Bonchev–Trinajstić information content (AvgIpc) is 2.68. The van der Waals surface area contributed by atoms with Crippen molar-refractivity contribution in [3.05, 3.63) is 69.7 Å². The molecule has 7 heteroatoms. The Kier molecular flexibility index (Phi) is 5.98. The third kappa shape index (κ3) is 3.75. The molecule has 148 valence electrons. The van der Waals surface area contributed by atoms with Crippen molar-refractivity contribution in [1.29, 1.82) is 0 Å². The highest BCUT2D eigenvalue weighted by molar-refractivity contribution is 6.30. The first kappa shape index (κ1) is 20.6. The molecule has 0 aliphatic carbocycles. The molecule has 3 atom stereocenters. The van der Waals surface area contributed by atoms with Crippen LogP contribution in [-0.2, 0) is 14.3 Å². The maximum absolute atomic E-state index is 12.9. The van der Waals surface area contributed by atoms with Gasteiger partial charge in [-0.05, 0) is 48.7 Å². The molecule has 0 aromatic heterocycles. The minimum Gasteiger partial charge on any atom is -0.368 e. The summed E-state index contributed by atoms with van der Waals surface area (Å²) >= 11 is 12.1. The van der Waals surface area contributed by atoms with Crippen LogP contribution in [-0.4, -0.2) is 28.9 Å². The molecule has 0 bridgehead atoms. The quantitative estimate of drug-likeness (QED) is 0.783. The maximum Gasteiger partial charge on any atom is 0.250 e. The molecule has 0 spiro atoms. The molecule has 1 heterocycles. The highest BCUT2D eigenvalue weighted by atomic mass is 35.5. The Morgan fingerprint density at radius 2 is 1.61 bits per heavy atom. The van der Waals surface area contributed by atoms with E-state index in [0.29, 0.717) is 16.5 Å². The molecule has 2 aromatic rings. The van der Waals surface area contributed by atoms with Gasteiger partial charge in [0.1, 0.15) is 18.2 Å². The van der Waals surface area contributed by atoms with E-state index < -0.39 is 23.6 Å². The fourth-order valence-electron chi connectivity index (χ4n) is 3.57. The van der Waals surface area contributed by atoms with Gasteiger partial charge in [-0.25, -0.2) is 0 Å². The summed E-state index contributed by atoms with van der Waals surface area (Å²) in [6, 6.07) is 13.9. The van der Waals surface area contributed by atoms with E-state index in [1.165, 1.54) is 0 Å². The lowest BCUT2D eigenvalue weighted by Gasteiger charge is -2.49. The predicted octanol–water partition coefficient (Wildman–Crippen LogP) is 4.29. The van der Waals surface area contributed by atoms with Crippen molar-refractivity contribution in [3.63, 3.8) is 0 Å². The van der Waals surface area contributed by atoms with Crippen molar-refractivity contribution in [2.45, 2.75) is 38.0 Å². The molecular weight excluding hydrogens is 399 g/mol. The fourth-order valence-corrected chi connectivity index (χ4v) is 3.82. The average molecular weight is 421 g/mol. The molecule has 5 nitrogen and oxygen atoms in total. The van der Waals surface area contributed by atoms with Gasteiger partial charge in [0, 0.05) is 10.0 Å². The molecule has 2 aromatic carbocycles.